The largest absolute Gasteiger partial charge is 0.314 e. The molecule has 4 nitrogen and oxygen atoms in total. The second-order valence-corrected chi connectivity index (χ2v) is 5.84. The predicted octanol–water partition coefficient (Wildman–Crippen LogP) is 2.31. The number of rotatable bonds is 3. The molecular weight excluding hydrogens is 316 g/mol. The van der Waals surface area contributed by atoms with Crippen LogP contribution in [0.1, 0.15) is 5.82 Å². The average Bonchev–Trinajstić information content (AvgIpc) is 2.50. The second kappa shape index (κ2) is 6.43. The van der Waals surface area contributed by atoms with E-state index in [4.69, 9.17) is 0 Å². The van der Waals surface area contributed by atoms with Crippen molar-refractivity contribution in [2.45, 2.75) is 6.54 Å². The number of nitrogens with one attached hydrogen (secondary N) is 1. The molecule has 0 amide bonds. The first-order chi connectivity index (χ1) is 9.81. The molecule has 0 radical (unpaired) electrons. The van der Waals surface area contributed by atoms with Gasteiger partial charge in [0.25, 0.3) is 0 Å². The molecule has 2 aromatic rings. The summed E-state index contributed by atoms with van der Waals surface area (Å²) in [5.41, 5.74) is 2.20. The molecule has 1 fully saturated rings. The lowest BCUT2D eigenvalue weighted by atomic mass is 10.1. The summed E-state index contributed by atoms with van der Waals surface area (Å²) in [6, 6.07) is 8.20. The molecule has 1 saturated heterocycles. The highest BCUT2D eigenvalue weighted by atomic mass is 79.9. The zero-order valence-electron chi connectivity index (χ0n) is 11.2. The molecule has 104 valence electrons. The Morgan fingerprint density at radius 3 is 2.30 bits per heavy atom. The number of aromatic nitrogens is 2. The molecule has 1 aliphatic rings. The minimum atomic E-state index is 0.836. The molecule has 0 atom stereocenters. The molecular formula is C15H17BrN4. The van der Waals surface area contributed by atoms with E-state index in [9.17, 15) is 0 Å². The highest BCUT2D eigenvalue weighted by Crippen LogP contribution is 2.20. The van der Waals surface area contributed by atoms with Gasteiger partial charge in [0.05, 0.1) is 6.54 Å². The average molecular weight is 333 g/mol. The Kier molecular flexibility index (Phi) is 4.40. The van der Waals surface area contributed by atoms with Crippen LogP contribution in [0.4, 0.5) is 0 Å². The van der Waals surface area contributed by atoms with Crippen LogP contribution in [0.15, 0.2) is 41.1 Å². The molecule has 2 heterocycles. The van der Waals surface area contributed by atoms with Gasteiger partial charge in [0.1, 0.15) is 5.82 Å². The fraction of sp³-hybridized carbons (Fsp3) is 0.333. The Labute approximate surface area is 127 Å². The summed E-state index contributed by atoms with van der Waals surface area (Å²) >= 11 is 3.44. The Morgan fingerprint density at radius 2 is 1.65 bits per heavy atom. The van der Waals surface area contributed by atoms with E-state index in [2.05, 4.69) is 48.2 Å². The maximum atomic E-state index is 4.49. The van der Waals surface area contributed by atoms with Gasteiger partial charge < -0.3 is 5.32 Å². The van der Waals surface area contributed by atoms with Gasteiger partial charge in [-0.25, -0.2) is 9.97 Å². The molecule has 1 aromatic carbocycles. The smallest absolute Gasteiger partial charge is 0.142 e. The van der Waals surface area contributed by atoms with E-state index in [1.807, 2.05) is 24.5 Å². The van der Waals surface area contributed by atoms with E-state index in [1.54, 1.807) is 0 Å². The van der Waals surface area contributed by atoms with E-state index in [-0.39, 0.29) is 0 Å². The molecule has 0 aliphatic carbocycles. The van der Waals surface area contributed by atoms with Gasteiger partial charge in [0.2, 0.25) is 0 Å². The quantitative estimate of drug-likeness (QED) is 0.936. The van der Waals surface area contributed by atoms with Crippen molar-refractivity contribution in [2.75, 3.05) is 26.2 Å². The van der Waals surface area contributed by atoms with Gasteiger partial charge in [-0.05, 0) is 17.7 Å². The first kappa shape index (κ1) is 13.7. The third-order valence-corrected chi connectivity index (χ3v) is 3.99. The lowest BCUT2D eigenvalue weighted by molar-refractivity contribution is 0.228. The highest BCUT2D eigenvalue weighted by molar-refractivity contribution is 9.10. The van der Waals surface area contributed by atoms with Crippen molar-refractivity contribution in [3.8, 4) is 11.1 Å². The normalized spacial score (nSPS) is 16.2. The van der Waals surface area contributed by atoms with Crippen molar-refractivity contribution in [2.24, 2.45) is 0 Å². The maximum Gasteiger partial charge on any atom is 0.142 e. The monoisotopic (exact) mass is 332 g/mol. The number of benzene rings is 1. The number of nitrogens with zero attached hydrogens (tertiary/aromatic N) is 3. The molecule has 1 aliphatic heterocycles. The van der Waals surface area contributed by atoms with E-state index < -0.39 is 0 Å². The van der Waals surface area contributed by atoms with Crippen LogP contribution in [0.3, 0.4) is 0 Å². The Morgan fingerprint density at radius 1 is 1.00 bits per heavy atom. The molecule has 0 spiro atoms. The van der Waals surface area contributed by atoms with Crippen molar-refractivity contribution >= 4 is 15.9 Å². The van der Waals surface area contributed by atoms with Crippen LogP contribution in [0.5, 0.6) is 0 Å². The molecule has 5 heteroatoms. The third-order valence-electron chi connectivity index (χ3n) is 3.46. The predicted molar refractivity (Wildman–Crippen MR) is 83.3 cm³/mol. The van der Waals surface area contributed by atoms with Gasteiger partial charge in [-0.2, -0.15) is 0 Å². The first-order valence-corrected chi connectivity index (χ1v) is 7.60. The number of piperazine rings is 1. The number of halogens is 1. The van der Waals surface area contributed by atoms with Crippen LogP contribution in [0.2, 0.25) is 0 Å². The van der Waals surface area contributed by atoms with Crippen LogP contribution in [0, 0.1) is 0 Å². The minimum absolute atomic E-state index is 0.836. The summed E-state index contributed by atoms with van der Waals surface area (Å²) in [5, 5.41) is 3.35. The Balaban J connectivity index is 1.69. The Hall–Kier alpha value is -1.30. The van der Waals surface area contributed by atoms with Crippen LogP contribution in [-0.4, -0.2) is 41.0 Å². The molecule has 1 aromatic heterocycles. The van der Waals surface area contributed by atoms with Crippen LogP contribution < -0.4 is 5.32 Å². The van der Waals surface area contributed by atoms with Gasteiger partial charge in [-0.15, -0.1) is 0 Å². The van der Waals surface area contributed by atoms with Crippen LogP contribution in [0.25, 0.3) is 11.1 Å². The summed E-state index contributed by atoms with van der Waals surface area (Å²) in [4.78, 5) is 11.4. The van der Waals surface area contributed by atoms with E-state index in [0.717, 1.165) is 54.1 Å². The summed E-state index contributed by atoms with van der Waals surface area (Å²) in [6.45, 7) is 5.08. The highest BCUT2D eigenvalue weighted by Gasteiger charge is 2.11. The third kappa shape index (κ3) is 3.42. The fourth-order valence-electron chi connectivity index (χ4n) is 2.30. The van der Waals surface area contributed by atoms with Crippen molar-refractivity contribution in [3.63, 3.8) is 0 Å². The SMILES string of the molecule is Brc1ccc(-c2cnc(CN3CCNCC3)nc2)cc1. The van der Waals surface area contributed by atoms with Crippen LogP contribution in [-0.2, 0) is 6.54 Å². The minimum Gasteiger partial charge on any atom is -0.314 e. The topological polar surface area (TPSA) is 41.1 Å². The van der Waals surface area contributed by atoms with Gasteiger partial charge >= 0.3 is 0 Å². The van der Waals surface area contributed by atoms with Gasteiger partial charge in [-0.3, -0.25) is 4.90 Å². The Bertz CT molecular complexity index is 547. The van der Waals surface area contributed by atoms with Crippen molar-refractivity contribution in [1.82, 2.24) is 20.2 Å². The van der Waals surface area contributed by atoms with E-state index in [1.165, 1.54) is 0 Å². The molecule has 0 saturated carbocycles. The van der Waals surface area contributed by atoms with Crippen molar-refractivity contribution < 1.29 is 0 Å². The lowest BCUT2D eigenvalue weighted by Crippen LogP contribution is -2.43. The summed E-state index contributed by atoms with van der Waals surface area (Å²) in [7, 11) is 0. The number of hydrogen-bond acceptors (Lipinski definition) is 4. The fourth-order valence-corrected chi connectivity index (χ4v) is 2.56. The maximum absolute atomic E-state index is 4.49. The van der Waals surface area contributed by atoms with Crippen molar-refractivity contribution in [3.05, 3.63) is 47.0 Å². The first-order valence-electron chi connectivity index (χ1n) is 6.81. The number of hydrogen-bond donors (Lipinski definition) is 1. The molecule has 3 rings (SSSR count). The second-order valence-electron chi connectivity index (χ2n) is 4.92. The van der Waals surface area contributed by atoms with Crippen LogP contribution >= 0.6 is 15.9 Å². The molecule has 0 bridgehead atoms. The van der Waals surface area contributed by atoms with Gasteiger partial charge in [-0.1, -0.05) is 28.1 Å². The summed E-state index contributed by atoms with van der Waals surface area (Å²) < 4.78 is 1.08. The molecule has 0 unspecified atom stereocenters. The molecule has 1 N–H and O–H groups in total. The standard InChI is InChI=1S/C15H17BrN4/c16-14-3-1-12(2-4-14)13-9-18-15(19-10-13)11-20-7-5-17-6-8-20/h1-4,9-10,17H,5-8,11H2. The van der Waals surface area contributed by atoms with Crippen molar-refractivity contribution in [1.29, 1.82) is 0 Å². The van der Waals surface area contributed by atoms with Gasteiger partial charge in [0.15, 0.2) is 0 Å². The lowest BCUT2D eigenvalue weighted by Gasteiger charge is -2.26. The zero-order chi connectivity index (χ0) is 13.8. The molecule has 20 heavy (non-hydrogen) atoms. The summed E-state index contributed by atoms with van der Waals surface area (Å²) in [6.07, 6.45) is 3.82. The van der Waals surface area contributed by atoms with E-state index in [0.29, 0.717) is 0 Å². The zero-order valence-corrected chi connectivity index (χ0v) is 12.8. The van der Waals surface area contributed by atoms with Gasteiger partial charge in [0, 0.05) is 48.6 Å². The summed E-state index contributed by atoms with van der Waals surface area (Å²) in [5.74, 6) is 0.896. The van der Waals surface area contributed by atoms with E-state index >= 15 is 0 Å².